The second kappa shape index (κ2) is 8.02. The molecule has 0 radical (unpaired) electrons. The maximum absolute atomic E-state index is 5.49. The number of hydrogen-bond donors (Lipinski definition) is 0. The summed E-state index contributed by atoms with van der Waals surface area (Å²) in [6, 6.07) is 0. The fourth-order valence-electron chi connectivity index (χ4n) is 0.880. The maximum atomic E-state index is 5.49. The first kappa shape index (κ1) is 14.8. The summed E-state index contributed by atoms with van der Waals surface area (Å²) in [5, 5.41) is 0.716. The van der Waals surface area contributed by atoms with Crippen LogP contribution in [0.1, 0.15) is 33.6 Å². The van der Waals surface area contributed by atoms with Gasteiger partial charge in [0.25, 0.3) is 0 Å². The Balaban J connectivity index is 0.000000281. The van der Waals surface area contributed by atoms with Gasteiger partial charge in [0.1, 0.15) is 0 Å². The van der Waals surface area contributed by atoms with Gasteiger partial charge in [-0.15, -0.1) is 6.58 Å². The van der Waals surface area contributed by atoms with Crippen molar-refractivity contribution in [1.29, 1.82) is 0 Å². The van der Waals surface area contributed by atoms with Crippen molar-refractivity contribution in [3.63, 3.8) is 0 Å². The van der Waals surface area contributed by atoms with E-state index in [1.807, 2.05) is 32.9 Å². The molecule has 1 aliphatic rings. The van der Waals surface area contributed by atoms with E-state index < -0.39 is 0 Å². The summed E-state index contributed by atoms with van der Waals surface area (Å²) in [7, 11) is 0. The maximum Gasteiger partial charge on any atom is 0.0112 e. The number of hydrogen-bond acceptors (Lipinski definition) is 0. The van der Waals surface area contributed by atoms with E-state index in [1.54, 1.807) is 0 Å². The highest BCUT2D eigenvalue weighted by Crippen LogP contribution is 2.10. The molecule has 0 saturated carbocycles. The predicted molar refractivity (Wildman–Crippen MR) is 73.6 cm³/mol. The molecule has 0 aromatic heterocycles. The molecule has 86 valence electrons. The Kier molecular flexibility index (Phi) is 7.42. The average molecular weight is 235 g/mol. The highest BCUT2D eigenvalue weighted by atomic mass is 35.5. The molecule has 1 aliphatic carbocycles. The first-order valence-electron chi connectivity index (χ1n) is 5.26. The normalized spacial score (nSPS) is 12.2. The van der Waals surface area contributed by atoms with Crippen LogP contribution in [0.2, 0.25) is 0 Å². The lowest BCUT2D eigenvalue weighted by atomic mass is 10.2. The molecule has 0 fully saturated rings. The van der Waals surface area contributed by atoms with Gasteiger partial charge < -0.3 is 0 Å². The monoisotopic (exact) mass is 234 g/mol. The zero-order chi connectivity index (χ0) is 12.6. The molecule has 0 spiro atoms. The van der Waals surface area contributed by atoms with Crippen LogP contribution in [-0.2, 0) is 0 Å². The summed E-state index contributed by atoms with van der Waals surface area (Å²) < 4.78 is 0. The predicted octanol–water partition coefficient (Wildman–Crippen LogP) is 5.30. The molecule has 0 nitrogen and oxygen atoms in total. The highest BCUT2D eigenvalue weighted by molar-refractivity contribution is 6.29. The summed E-state index contributed by atoms with van der Waals surface area (Å²) in [6.07, 6.45) is 5.89. The summed E-state index contributed by atoms with van der Waals surface area (Å²) in [4.78, 5) is 0. The molecule has 16 heavy (non-hydrogen) atoms. The van der Waals surface area contributed by atoms with Crippen LogP contribution in [0.15, 0.2) is 58.5 Å². The van der Waals surface area contributed by atoms with Gasteiger partial charge in [0.05, 0.1) is 0 Å². The highest BCUT2D eigenvalue weighted by Gasteiger charge is 1.87. The van der Waals surface area contributed by atoms with Gasteiger partial charge in [0.2, 0.25) is 0 Å². The molecule has 1 rings (SSSR count). The number of allylic oxidation sites excluding steroid dienone is 6. The third-order valence-electron chi connectivity index (χ3n) is 1.86. The van der Waals surface area contributed by atoms with Crippen molar-refractivity contribution in [2.75, 3.05) is 0 Å². The zero-order valence-corrected chi connectivity index (χ0v) is 11.1. The summed E-state index contributed by atoms with van der Waals surface area (Å²) in [5.41, 5.74) is 9.41. The molecule has 1 heteroatoms. The lowest BCUT2D eigenvalue weighted by Crippen LogP contribution is -1.73. The molecule has 0 atom stereocenters. The zero-order valence-electron chi connectivity index (χ0n) is 10.4. The van der Waals surface area contributed by atoms with Crippen molar-refractivity contribution in [2.24, 2.45) is 0 Å². The van der Waals surface area contributed by atoms with Crippen LogP contribution in [0, 0.1) is 0 Å². The van der Waals surface area contributed by atoms with Gasteiger partial charge in [0.15, 0.2) is 0 Å². The van der Waals surface area contributed by atoms with Crippen LogP contribution in [0.25, 0.3) is 0 Å². The van der Waals surface area contributed by atoms with Crippen LogP contribution in [0.4, 0.5) is 0 Å². The van der Waals surface area contributed by atoms with Crippen LogP contribution in [0.5, 0.6) is 0 Å². The first-order chi connectivity index (χ1) is 7.41. The number of halogens is 1. The molecule has 0 aliphatic heterocycles. The third-order valence-corrected chi connectivity index (χ3v) is 2.05. The summed E-state index contributed by atoms with van der Waals surface area (Å²) in [5.74, 6) is 0. The van der Waals surface area contributed by atoms with E-state index in [2.05, 4.69) is 24.6 Å². The fraction of sp³-hybridized carbons (Fsp3) is 0.333. The van der Waals surface area contributed by atoms with E-state index in [1.165, 1.54) is 0 Å². The van der Waals surface area contributed by atoms with Crippen molar-refractivity contribution in [3.05, 3.63) is 58.5 Å². The molecule has 0 N–H and O–H groups in total. The second-order valence-corrected chi connectivity index (χ2v) is 4.46. The Hall–Kier alpha value is -1.19. The Bertz CT molecular complexity index is 357. The lowest BCUT2D eigenvalue weighted by molar-refractivity contribution is 0.973. The van der Waals surface area contributed by atoms with Gasteiger partial charge in [-0.2, -0.15) is 0 Å². The van der Waals surface area contributed by atoms with Crippen molar-refractivity contribution in [1.82, 2.24) is 0 Å². The van der Waals surface area contributed by atoms with E-state index >= 15 is 0 Å². The SMILES string of the molecule is C=C(C)CCC(=C)Cl.CC1=C=C=C(C)C=C1. The van der Waals surface area contributed by atoms with E-state index in [9.17, 15) is 0 Å². The minimum atomic E-state index is 0.716. The summed E-state index contributed by atoms with van der Waals surface area (Å²) >= 11 is 5.49. The first-order valence-corrected chi connectivity index (χ1v) is 5.64. The van der Waals surface area contributed by atoms with E-state index in [0.29, 0.717) is 5.03 Å². The second-order valence-electron chi connectivity index (χ2n) is 3.92. The van der Waals surface area contributed by atoms with Crippen LogP contribution < -0.4 is 0 Å². The smallest absolute Gasteiger partial charge is 0.0112 e. The van der Waals surface area contributed by atoms with Gasteiger partial charge in [-0.05, 0) is 44.8 Å². The molecule has 0 bridgehead atoms. The van der Waals surface area contributed by atoms with Gasteiger partial charge in [-0.25, -0.2) is 0 Å². The quantitative estimate of drug-likeness (QED) is 0.459. The largest absolute Gasteiger partial charge is 0.100 e. The Morgan fingerprint density at radius 1 is 1.12 bits per heavy atom. The molecular formula is C15H19Cl. The number of rotatable bonds is 3. The van der Waals surface area contributed by atoms with Crippen LogP contribution in [-0.4, -0.2) is 0 Å². The van der Waals surface area contributed by atoms with Crippen molar-refractivity contribution in [3.8, 4) is 0 Å². The summed E-state index contributed by atoms with van der Waals surface area (Å²) in [6.45, 7) is 13.3. The van der Waals surface area contributed by atoms with Crippen molar-refractivity contribution in [2.45, 2.75) is 33.6 Å². The minimum absolute atomic E-state index is 0.716. The minimum Gasteiger partial charge on any atom is -0.100 e. The standard InChI is InChI=1S/C8H8.C7H11Cl/c1-7-3-5-8(2)6-4-7;1-6(2)4-5-7(3)8/h3,5H,1-2H3;1,3-5H2,2H3. The fourth-order valence-corrected chi connectivity index (χ4v) is 0.974. The molecule has 0 amide bonds. The molecule has 0 unspecified atom stereocenters. The molecule has 0 heterocycles. The van der Waals surface area contributed by atoms with E-state index in [4.69, 9.17) is 11.6 Å². The molecule has 0 aromatic rings. The molecular weight excluding hydrogens is 216 g/mol. The van der Waals surface area contributed by atoms with Crippen LogP contribution >= 0.6 is 11.6 Å². The van der Waals surface area contributed by atoms with Gasteiger partial charge in [-0.3, -0.25) is 0 Å². The lowest BCUT2D eigenvalue weighted by Gasteiger charge is -1.93. The van der Waals surface area contributed by atoms with Gasteiger partial charge in [-0.1, -0.05) is 47.4 Å². The van der Waals surface area contributed by atoms with Crippen LogP contribution in [0.3, 0.4) is 0 Å². The average Bonchev–Trinajstić information content (AvgIpc) is 2.20. The Morgan fingerprint density at radius 2 is 1.56 bits per heavy atom. The molecule has 0 saturated heterocycles. The van der Waals surface area contributed by atoms with E-state index in [-0.39, 0.29) is 0 Å². The third kappa shape index (κ3) is 9.37. The van der Waals surface area contributed by atoms with Gasteiger partial charge in [0, 0.05) is 5.03 Å². The van der Waals surface area contributed by atoms with Crippen molar-refractivity contribution < 1.29 is 0 Å². The molecule has 0 aromatic carbocycles. The van der Waals surface area contributed by atoms with Crippen molar-refractivity contribution >= 4 is 11.6 Å². The Labute approximate surface area is 104 Å². The van der Waals surface area contributed by atoms with E-state index in [0.717, 1.165) is 29.6 Å². The van der Waals surface area contributed by atoms with Gasteiger partial charge >= 0.3 is 0 Å². The topological polar surface area (TPSA) is 0 Å². The Morgan fingerprint density at radius 3 is 1.75 bits per heavy atom.